The first-order valence-corrected chi connectivity index (χ1v) is 18.8. The molecule has 0 aliphatic heterocycles. The fourth-order valence-corrected chi connectivity index (χ4v) is 9.14. The SMILES string of the molecule is CCC1(CC)c2ccccc2-c2c1cc1ccccc1c2N(c1ccc(-c2ccccc2-c2ccccc2)cc1)c1ccc2c(c1)oc1ccccc12. The Bertz CT molecular complexity index is 2800. The Morgan fingerprint density at radius 3 is 1.79 bits per heavy atom. The van der Waals surface area contributed by atoms with Gasteiger partial charge in [-0.2, -0.15) is 0 Å². The van der Waals surface area contributed by atoms with E-state index in [0.717, 1.165) is 46.2 Å². The van der Waals surface area contributed by atoms with Gasteiger partial charge in [0, 0.05) is 44.6 Å². The van der Waals surface area contributed by atoms with Crippen molar-refractivity contribution in [2.45, 2.75) is 32.1 Å². The van der Waals surface area contributed by atoms with Crippen molar-refractivity contribution in [1.82, 2.24) is 0 Å². The molecule has 1 heterocycles. The van der Waals surface area contributed by atoms with Crippen molar-refractivity contribution in [3.8, 4) is 33.4 Å². The van der Waals surface area contributed by atoms with E-state index in [4.69, 9.17) is 4.42 Å². The van der Waals surface area contributed by atoms with Gasteiger partial charge in [-0.3, -0.25) is 0 Å². The van der Waals surface area contributed by atoms with E-state index in [0.29, 0.717) is 0 Å². The van der Waals surface area contributed by atoms with Gasteiger partial charge in [0.25, 0.3) is 0 Å². The summed E-state index contributed by atoms with van der Waals surface area (Å²) in [6, 6.07) is 64.1. The topological polar surface area (TPSA) is 16.4 Å². The zero-order valence-electron chi connectivity index (χ0n) is 30.0. The maximum atomic E-state index is 6.52. The highest BCUT2D eigenvalue weighted by atomic mass is 16.3. The van der Waals surface area contributed by atoms with Crippen LogP contribution in [0.3, 0.4) is 0 Å². The summed E-state index contributed by atoms with van der Waals surface area (Å²) in [5, 5.41) is 4.75. The van der Waals surface area contributed by atoms with E-state index >= 15 is 0 Å². The summed E-state index contributed by atoms with van der Waals surface area (Å²) in [7, 11) is 0. The predicted octanol–water partition coefficient (Wildman–Crippen LogP) is 14.6. The lowest BCUT2D eigenvalue weighted by atomic mass is 9.73. The van der Waals surface area contributed by atoms with Gasteiger partial charge in [-0.15, -0.1) is 0 Å². The number of benzene rings is 8. The molecule has 0 amide bonds. The van der Waals surface area contributed by atoms with Crippen LogP contribution in [0.25, 0.3) is 66.1 Å². The summed E-state index contributed by atoms with van der Waals surface area (Å²) in [5.74, 6) is 0. The van der Waals surface area contributed by atoms with Crippen LogP contribution < -0.4 is 4.90 Å². The number of furan rings is 1. The second kappa shape index (κ2) is 12.4. The third-order valence-corrected chi connectivity index (χ3v) is 11.7. The molecule has 1 aromatic heterocycles. The maximum Gasteiger partial charge on any atom is 0.137 e. The number of hydrogen-bond donors (Lipinski definition) is 0. The summed E-state index contributed by atoms with van der Waals surface area (Å²) in [6.45, 7) is 4.70. The molecule has 10 rings (SSSR count). The molecule has 0 unspecified atom stereocenters. The first kappa shape index (κ1) is 31.4. The minimum Gasteiger partial charge on any atom is -0.456 e. The van der Waals surface area contributed by atoms with E-state index in [1.54, 1.807) is 0 Å². The molecule has 53 heavy (non-hydrogen) atoms. The highest BCUT2D eigenvalue weighted by Crippen LogP contribution is 2.59. The Morgan fingerprint density at radius 1 is 0.453 bits per heavy atom. The minimum absolute atomic E-state index is 0.0654. The Hall–Kier alpha value is -6.38. The van der Waals surface area contributed by atoms with Crippen LogP contribution in [0.2, 0.25) is 0 Å². The second-order valence-corrected chi connectivity index (χ2v) is 14.3. The van der Waals surface area contributed by atoms with Gasteiger partial charge in [0.2, 0.25) is 0 Å². The molecule has 0 radical (unpaired) electrons. The third kappa shape index (κ3) is 4.79. The molecule has 0 saturated heterocycles. The minimum atomic E-state index is -0.0654. The summed E-state index contributed by atoms with van der Waals surface area (Å²) in [4.78, 5) is 2.48. The first-order chi connectivity index (χ1) is 26.2. The monoisotopic (exact) mass is 681 g/mol. The molecular weight excluding hydrogens is 643 g/mol. The summed E-state index contributed by atoms with van der Waals surface area (Å²) < 4.78 is 6.52. The van der Waals surface area contributed by atoms with Crippen molar-refractivity contribution in [3.05, 3.63) is 187 Å². The fourth-order valence-electron chi connectivity index (χ4n) is 9.14. The molecule has 1 aliphatic carbocycles. The lowest BCUT2D eigenvalue weighted by Gasteiger charge is -2.32. The summed E-state index contributed by atoms with van der Waals surface area (Å²) in [6.07, 6.45) is 2.07. The van der Waals surface area contributed by atoms with Crippen LogP contribution in [-0.4, -0.2) is 0 Å². The molecule has 8 aromatic carbocycles. The maximum absolute atomic E-state index is 6.52. The molecule has 0 fully saturated rings. The molecule has 0 N–H and O–H groups in total. The van der Waals surface area contributed by atoms with E-state index in [2.05, 4.69) is 189 Å². The van der Waals surface area contributed by atoms with Crippen LogP contribution in [0, 0.1) is 0 Å². The van der Waals surface area contributed by atoms with Crippen LogP contribution in [0.1, 0.15) is 37.8 Å². The quantitative estimate of drug-likeness (QED) is 0.166. The predicted molar refractivity (Wildman–Crippen MR) is 224 cm³/mol. The normalized spacial score (nSPS) is 13.0. The van der Waals surface area contributed by atoms with Crippen molar-refractivity contribution in [3.63, 3.8) is 0 Å². The molecule has 254 valence electrons. The van der Waals surface area contributed by atoms with Gasteiger partial charge >= 0.3 is 0 Å². The molecule has 1 aliphatic rings. The highest BCUT2D eigenvalue weighted by Gasteiger charge is 2.43. The molecule has 2 nitrogen and oxygen atoms in total. The van der Waals surface area contributed by atoms with Gasteiger partial charge < -0.3 is 9.32 Å². The second-order valence-electron chi connectivity index (χ2n) is 14.3. The Morgan fingerprint density at radius 2 is 1.04 bits per heavy atom. The average molecular weight is 682 g/mol. The number of anilines is 3. The first-order valence-electron chi connectivity index (χ1n) is 18.8. The van der Waals surface area contributed by atoms with E-state index in [9.17, 15) is 0 Å². The largest absolute Gasteiger partial charge is 0.456 e. The van der Waals surface area contributed by atoms with E-state index in [1.165, 1.54) is 61.0 Å². The van der Waals surface area contributed by atoms with Crippen molar-refractivity contribution in [2.24, 2.45) is 0 Å². The number of nitrogens with zero attached hydrogens (tertiary/aromatic N) is 1. The number of rotatable bonds is 7. The lowest BCUT2D eigenvalue weighted by molar-refractivity contribution is 0.491. The van der Waals surface area contributed by atoms with Crippen molar-refractivity contribution in [2.75, 3.05) is 4.90 Å². The number of hydrogen-bond acceptors (Lipinski definition) is 2. The molecule has 0 saturated carbocycles. The van der Waals surface area contributed by atoms with Gasteiger partial charge in [0.15, 0.2) is 0 Å². The average Bonchev–Trinajstić information content (AvgIpc) is 3.74. The fraction of sp³-hybridized carbons (Fsp3) is 0.0980. The summed E-state index contributed by atoms with van der Waals surface area (Å²) in [5.41, 5.74) is 15.4. The number of fused-ring (bicyclic) bond motifs is 7. The van der Waals surface area contributed by atoms with Crippen molar-refractivity contribution >= 4 is 49.8 Å². The molecular formula is C51H39NO. The van der Waals surface area contributed by atoms with Crippen molar-refractivity contribution in [1.29, 1.82) is 0 Å². The zero-order valence-corrected chi connectivity index (χ0v) is 30.0. The molecule has 0 atom stereocenters. The standard InChI is InChI=1S/C51H39NO/c1-3-51(4-2)45-24-14-12-23-44(45)49-46(51)32-36-18-8-9-21-41(36)50(49)52(38-30-31-43-42-22-13-15-25-47(42)53-48(43)33-38)37-28-26-35(27-29-37)40-20-11-10-19-39(40)34-16-6-5-7-17-34/h5-33H,3-4H2,1-2H3. The Kier molecular flexibility index (Phi) is 7.33. The van der Waals surface area contributed by atoms with Crippen LogP contribution in [0.5, 0.6) is 0 Å². The van der Waals surface area contributed by atoms with E-state index < -0.39 is 0 Å². The zero-order chi connectivity index (χ0) is 35.5. The highest BCUT2D eigenvalue weighted by molar-refractivity contribution is 6.11. The lowest BCUT2D eigenvalue weighted by Crippen LogP contribution is -2.23. The van der Waals surface area contributed by atoms with Crippen LogP contribution >= 0.6 is 0 Å². The molecule has 0 bridgehead atoms. The van der Waals surface area contributed by atoms with Crippen LogP contribution in [0.15, 0.2) is 180 Å². The van der Waals surface area contributed by atoms with Crippen LogP contribution in [0.4, 0.5) is 17.1 Å². The molecule has 0 spiro atoms. The smallest absolute Gasteiger partial charge is 0.137 e. The van der Waals surface area contributed by atoms with Gasteiger partial charge in [-0.25, -0.2) is 0 Å². The van der Waals surface area contributed by atoms with Gasteiger partial charge in [-0.1, -0.05) is 147 Å². The summed E-state index contributed by atoms with van der Waals surface area (Å²) >= 11 is 0. The molecule has 9 aromatic rings. The molecule has 2 heteroatoms. The Balaban J connectivity index is 1.25. The van der Waals surface area contributed by atoms with E-state index in [-0.39, 0.29) is 5.41 Å². The third-order valence-electron chi connectivity index (χ3n) is 11.7. The van der Waals surface area contributed by atoms with E-state index in [1.807, 2.05) is 6.07 Å². The van der Waals surface area contributed by atoms with Gasteiger partial charge in [0.05, 0.1) is 5.69 Å². The Labute approximate surface area is 310 Å². The van der Waals surface area contributed by atoms with Crippen LogP contribution in [-0.2, 0) is 5.41 Å². The van der Waals surface area contributed by atoms with Gasteiger partial charge in [0.1, 0.15) is 11.2 Å². The van der Waals surface area contributed by atoms with Crippen molar-refractivity contribution < 1.29 is 4.42 Å². The number of para-hydroxylation sites is 1. The van der Waals surface area contributed by atoms with Gasteiger partial charge in [-0.05, 0) is 93.6 Å².